The molecule has 14 heavy (non-hydrogen) atoms. The van der Waals surface area contributed by atoms with Crippen LogP contribution in [0.3, 0.4) is 0 Å². The number of hydrogen-bond acceptors (Lipinski definition) is 0. The van der Waals surface area contributed by atoms with Gasteiger partial charge in [0.1, 0.15) is 0 Å². The Balaban J connectivity index is -0.00000000397. The van der Waals surface area contributed by atoms with Gasteiger partial charge >= 0.3 is 0 Å². The third-order valence-electron chi connectivity index (χ3n) is 0.586. The molecule has 0 amide bonds. The fraction of sp³-hybridized carbons (Fsp3) is 0.100. The van der Waals surface area contributed by atoms with Gasteiger partial charge in [0.25, 0.3) is 0 Å². The van der Waals surface area contributed by atoms with Crippen molar-refractivity contribution < 1.29 is 58.9 Å². The van der Waals surface area contributed by atoms with Crippen molar-refractivity contribution in [3.05, 3.63) is 61.4 Å². The minimum absolute atomic E-state index is 0. The Morgan fingerprint density at radius 2 is 1.14 bits per heavy atom. The molecule has 0 bridgehead atoms. The van der Waals surface area contributed by atoms with Gasteiger partial charge in [0, 0.05) is 21.7 Å². The molecule has 1 aliphatic carbocycles. The molecular formula is C10H20Cl3Ti-9. The van der Waals surface area contributed by atoms with Crippen LogP contribution in [0.5, 0.6) is 0 Å². The van der Waals surface area contributed by atoms with Gasteiger partial charge in [-0.1, -0.05) is 0 Å². The maximum Gasteiger partial charge on any atom is 0 e. The molecule has 0 spiro atoms. The molecular weight excluding hydrogens is 274 g/mol. The van der Waals surface area contributed by atoms with Gasteiger partial charge < -0.3 is 74.4 Å². The maximum atomic E-state index is 2.99. The van der Waals surface area contributed by atoms with E-state index < -0.39 is 0 Å². The molecule has 0 heterocycles. The molecule has 0 aliphatic heterocycles. The number of rotatable bonds is 0. The third kappa shape index (κ3) is 51.7. The second kappa shape index (κ2) is 65.3. The van der Waals surface area contributed by atoms with E-state index in [2.05, 4.69) is 12.2 Å². The predicted octanol–water partition coefficient (Wildman–Crippen LogP) is -5.43. The second-order valence-electron chi connectivity index (χ2n) is 1.00. The van der Waals surface area contributed by atoms with Crippen LogP contribution in [0.4, 0.5) is 0 Å². The molecule has 0 nitrogen and oxygen atoms in total. The third-order valence-corrected chi connectivity index (χ3v) is 0.586. The molecule has 0 N–H and O–H groups in total. The van der Waals surface area contributed by atoms with E-state index in [1.165, 1.54) is 0 Å². The standard InChI is InChI=1S/C5H5.5CH3.3ClH.Ti/c1-2-4-5-3-1;;;;;;;;;/h1-3H,4H2;5*1H3;3*1H;/q6*-1;;;;/p-3. The molecule has 0 saturated heterocycles. The zero-order valence-electron chi connectivity index (χ0n) is 9.57. The van der Waals surface area contributed by atoms with Crippen molar-refractivity contribution in [1.82, 2.24) is 0 Å². The Kier molecular flexibility index (Phi) is 378. The first-order chi connectivity index (χ1) is 2.50. The van der Waals surface area contributed by atoms with Crippen LogP contribution in [-0.2, 0) is 21.7 Å². The van der Waals surface area contributed by atoms with Gasteiger partial charge in [-0.05, 0) is 0 Å². The van der Waals surface area contributed by atoms with Crippen molar-refractivity contribution in [3.63, 3.8) is 0 Å². The Morgan fingerprint density at radius 3 is 1.21 bits per heavy atom. The molecule has 0 aromatic carbocycles. The molecule has 4 heteroatoms. The van der Waals surface area contributed by atoms with E-state index in [1.807, 2.05) is 12.2 Å². The zero-order valence-corrected chi connectivity index (χ0v) is 13.4. The van der Waals surface area contributed by atoms with Crippen molar-refractivity contribution in [2.45, 2.75) is 6.42 Å². The van der Waals surface area contributed by atoms with E-state index in [-0.39, 0.29) is 96.1 Å². The van der Waals surface area contributed by atoms with Crippen LogP contribution in [0.25, 0.3) is 0 Å². The normalized spacial score (nSPS) is 6.29. The van der Waals surface area contributed by atoms with E-state index >= 15 is 0 Å². The molecule has 0 unspecified atom stereocenters. The Labute approximate surface area is 126 Å². The van der Waals surface area contributed by atoms with E-state index in [0.29, 0.717) is 0 Å². The van der Waals surface area contributed by atoms with Crippen LogP contribution in [0.15, 0.2) is 18.2 Å². The minimum Gasteiger partial charge on any atom is -1.00 e. The molecule has 0 aromatic heterocycles. The number of allylic oxidation sites excluding steroid dienone is 4. The van der Waals surface area contributed by atoms with Gasteiger partial charge in [0.2, 0.25) is 0 Å². The zero-order chi connectivity index (χ0) is 3.54. The Morgan fingerprint density at radius 1 is 0.786 bits per heavy atom. The average Bonchev–Trinajstić information content (AvgIpc) is 1.76. The van der Waals surface area contributed by atoms with Crippen LogP contribution in [0, 0.1) is 43.2 Å². The van der Waals surface area contributed by atoms with Gasteiger partial charge in [-0.25, -0.2) is 12.2 Å². The second-order valence-corrected chi connectivity index (χ2v) is 1.00. The van der Waals surface area contributed by atoms with Crippen LogP contribution in [-0.4, -0.2) is 0 Å². The minimum atomic E-state index is 0. The first-order valence-corrected chi connectivity index (χ1v) is 1.72. The van der Waals surface area contributed by atoms with E-state index in [0.717, 1.165) is 6.42 Å². The summed E-state index contributed by atoms with van der Waals surface area (Å²) in [7, 11) is 0. The van der Waals surface area contributed by atoms with E-state index in [1.54, 1.807) is 0 Å². The fourth-order valence-corrected chi connectivity index (χ4v) is 0.340. The van der Waals surface area contributed by atoms with Gasteiger partial charge in [0.05, 0.1) is 0 Å². The fourth-order valence-electron chi connectivity index (χ4n) is 0.340. The Hall–Kier alpha value is 1.06. The first kappa shape index (κ1) is 81.0. The van der Waals surface area contributed by atoms with Gasteiger partial charge in [-0.2, -0.15) is 6.08 Å². The molecule has 0 fully saturated rings. The van der Waals surface area contributed by atoms with Gasteiger partial charge in [0.15, 0.2) is 0 Å². The molecule has 1 rings (SSSR count). The summed E-state index contributed by atoms with van der Waals surface area (Å²) in [5.41, 5.74) is 0. The average molecular weight is 294 g/mol. The topological polar surface area (TPSA) is 0 Å². The molecule has 1 aliphatic rings. The molecule has 0 saturated carbocycles. The summed E-state index contributed by atoms with van der Waals surface area (Å²) in [6, 6.07) is 0. The number of halogens is 3. The largest absolute Gasteiger partial charge is 1.00 e. The van der Waals surface area contributed by atoms with Crippen LogP contribution in [0.1, 0.15) is 6.42 Å². The summed E-state index contributed by atoms with van der Waals surface area (Å²) in [4.78, 5) is 0. The van der Waals surface area contributed by atoms with E-state index in [9.17, 15) is 0 Å². The summed E-state index contributed by atoms with van der Waals surface area (Å²) < 4.78 is 0. The SMILES string of the molecule is [C-]1=CC=CC1.[CH3-].[CH3-].[CH3-].[CH3-].[CH3-].[Cl-].[Cl-].[Cl-].[Ti]. The molecule has 0 aromatic rings. The van der Waals surface area contributed by atoms with E-state index in [4.69, 9.17) is 0 Å². The van der Waals surface area contributed by atoms with Crippen molar-refractivity contribution in [2.75, 3.05) is 0 Å². The van der Waals surface area contributed by atoms with Crippen molar-refractivity contribution in [2.24, 2.45) is 0 Å². The monoisotopic (exact) mass is 293 g/mol. The molecule has 0 atom stereocenters. The van der Waals surface area contributed by atoms with Crippen LogP contribution in [0.2, 0.25) is 0 Å². The van der Waals surface area contributed by atoms with Crippen molar-refractivity contribution >= 4 is 0 Å². The molecule has 0 radical (unpaired) electrons. The maximum absolute atomic E-state index is 2.99. The number of hydrogen-bond donors (Lipinski definition) is 0. The quantitative estimate of drug-likeness (QED) is 0.309. The molecule has 94 valence electrons. The van der Waals surface area contributed by atoms with Crippen molar-refractivity contribution in [3.8, 4) is 0 Å². The first-order valence-electron chi connectivity index (χ1n) is 1.72. The predicted molar refractivity (Wildman–Crippen MR) is 53.6 cm³/mol. The smallest absolute Gasteiger partial charge is 0 e. The summed E-state index contributed by atoms with van der Waals surface area (Å²) in [6.45, 7) is 0. The van der Waals surface area contributed by atoms with Gasteiger partial charge in [-0.15, -0.1) is 6.42 Å². The summed E-state index contributed by atoms with van der Waals surface area (Å²) in [6.07, 6.45) is 10.0. The summed E-state index contributed by atoms with van der Waals surface area (Å²) >= 11 is 0. The van der Waals surface area contributed by atoms with Crippen LogP contribution < -0.4 is 37.2 Å². The summed E-state index contributed by atoms with van der Waals surface area (Å²) in [5.74, 6) is 0. The van der Waals surface area contributed by atoms with Crippen molar-refractivity contribution in [1.29, 1.82) is 0 Å². The van der Waals surface area contributed by atoms with Gasteiger partial charge in [-0.3, -0.25) is 6.08 Å². The van der Waals surface area contributed by atoms with Crippen LogP contribution >= 0.6 is 0 Å². The Bertz CT molecular complexity index is 73.4. The summed E-state index contributed by atoms with van der Waals surface area (Å²) in [5, 5.41) is 0.